The van der Waals surface area contributed by atoms with Gasteiger partial charge in [-0.1, -0.05) is 6.58 Å². The molecule has 0 atom stereocenters. The van der Waals surface area contributed by atoms with E-state index in [1.807, 2.05) is 0 Å². The van der Waals surface area contributed by atoms with Crippen LogP contribution in [0.25, 0.3) is 0 Å². The fourth-order valence-corrected chi connectivity index (χ4v) is 0.255. The fraction of sp³-hybridized carbons (Fsp3) is 0.333. The van der Waals surface area contributed by atoms with Gasteiger partial charge in [0, 0.05) is 0 Å². The first-order valence-electron chi connectivity index (χ1n) is 2.58. The van der Waals surface area contributed by atoms with Crippen molar-refractivity contribution in [2.45, 2.75) is 6.92 Å². The third-order valence-electron chi connectivity index (χ3n) is 0.581. The molecule has 0 aromatic heterocycles. The molecule has 0 bridgehead atoms. The lowest BCUT2D eigenvalue weighted by atomic mass is 10.4. The first kappa shape index (κ1) is 8.68. The molecule has 0 saturated heterocycles. The van der Waals surface area contributed by atoms with Crippen LogP contribution >= 0.6 is 0 Å². The van der Waals surface area contributed by atoms with E-state index in [0.717, 1.165) is 0 Å². The van der Waals surface area contributed by atoms with Crippen LogP contribution in [0.1, 0.15) is 6.92 Å². The van der Waals surface area contributed by atoms with E-state index < -0.39 is 6.16 Å². The minimum atomic E-state index is -1.00. The Hall–Kier alpha value is -1.32. The molecular weight excluding hydrogens is 136 g/mol. The summed E-state index contributed by atoms with van der Waals surface area (Å²) in [6.45, 7) is 5.25. The number of carbonyl (C=O) groups is 2. The van der Waals surface area contributed by atoms with Gasteiger partial charge in [-0.2, -0.15) is 0 Å². The van der Waals surface area contributed by atoms with E-state index >= 15 is 0 Å². The van der Waals surface area contributed by atoms with Crippen LogP contribution in [0.5, 0.6) is 0 Å². The van der Waals surface area contributed by atoms with Crippen molar-refractivity contribution in [1.82, 2.24) is 0 Å². The van der Waals surface area contributed by atoms with Crippen LogP contribution < -0.4 is 0 Å². The molecule has 0 rings (SSSR count). The molecule has 0 aromatic rings. The summed E-state index contributed by atoms with van der Waals surface area (Å²) >= 11 is 0. The predicted octanol–water partition coefficient (Wildman–Crippen LogP) is 0.872. The summed E-state index contributed by atoms with van der Waals surface area (Å²) in [6, 6.07) is 0. The maximum absolute atomic E-state index is 10.2. The summed E-state index contributed by atoms with van der Waals surface area (Å²) in [5, 5.41) is 0. The van der Waals surface area contributed by atoms with Crippen molar-refractivity contribution in [3.63, 3.8) is 0 Å². The zero-order valence-electron chi connectivity index (χ0n) is 5.62. The van der Waals surface area contributed by atoms with Gasteiger partial charge in [0.1, 0.15) is 6.61 Å². The van der Waals surface area contributed by atoms with Crippen LogP contribution in [0.3, 0.4) is 0 Å². The summed E-state index contributed by atoms with van der Waals surface area (Å²) in [4.78, 5) is 19.7. The largest absolute Gasteiger partial charge is 0.516 e. The molecule has 0 heterocycles. The highest BCUT2D eigenvalue weighted by Crippen LogP contribution is 1.89. The van der Waals surface area contributed by atoms with Crippen molar-refractivity contribution in [2.24, 2.45) is 0 Å². The second-order valence-corrected chi connectivity index (χ2v) is 1.71. The zero-order chi connectivity index (χ0) is 7.98. The van der Waals surface area contributed by atoms with Gasteiger partial charge in [0.05, 0.1) is 0 Å². The molecule has 0 aliphatic carbocycles. The monoisotopic (exact) mass is 144 g/mol. The van der Waals surface area contributed by atoms with Crippen LogP contribution in [0.15, 0.2) is 12.2 Å². The molecule has 10 heavy (non-hydrogen) atoms. The summed E-state index contributed by atoms with van der Waals surface area (Å²) in [7, 11) is 0. The number of hydrogen-bond acceptors (Lipinski definition) is 4. The topological polar surface area (TPSA) is 52.6 Å². The molecule has 0 N–H and O–H groups in total. The Kier molecular flexibility index (Phi) is 3.95. The van der Waals surface area contributed by atoms with Crippen LogP contribution in [0.2, 0.25) is 0 Å². The Morgan fingerprint density at radius 1 is 1.70 bits per heavy atom. The van der Waals surface area contributed by atoms with Gasteiger partial charge in [-0.15, -0.1) is 0 Å². The minimum absolute atomic E-state index is 0.0146. The molecule has 0 saturated carbocycles. The van der Waals surface area contributed by atoms with Crippen LogP contribution in [0.4, 0.5) is 4.79 Å². The normalized spacial score (nSPS) is 8.10. The minimum Gasteiger partial charge on any atom is -0.429 e. The molecule has 0 aliphatic rings. The van der Waals surface area contributed by atoms with Crippen molar-refractivity contribution in [2.75, 3.05) is 6.61 Å². The van der Waals surface area contributed by atoms with E-state index in [-0.39, 0.29) is 13.1 Å². The Morgan fingerprint density at radius 3 is 2.70 bits per heavy atom. The quantitative estimate of drug-likeness (QED) is 0.255. The first-order chi connectivity index (χ1) is 4.66. The Balaban J connectivity index is 3.39. The second-order valence-electron chi connectivity index (χ2n) is 1.71. The van der Waals surface area contributed by atoms with Crippen LogP contribution in [-0.2, 0) is 14.3 Å². The van der Waals surface area contributed by atoms with Gasteiger partial charge in [0.2, 0.25) is 0 Å². The lowest BCUT2D eigenvalue weighted by Gasteiger charge is -1.98. The highest BCUT2D eigenvalue weighted by molar-refractivity contribution is 5.69. The molecule has 4 heteroatoms. The first-order valence-corrected chi connectivity index (χ1v) is 2.58. The summed E-state index contributed by atoms with van der Waals surface area (Å²) in [6.07, 6.45) is -1.00. The van der Waals surface area contributed by atoms with E-state index in [1.165, 1.54) is 0 Å². The van der Waals surface area contributed by atoms with Crippen LogP contribution in [-0.4, -0.2) is 19.2 Å². The van der Waals surface area contributed by atoms with Gasteiger partial charge in [0.25, 0.3) is 0 Å². The van der Waals surface area contributed by atoms with Gasteiger partial charge in [-0.3, -0.25) is 4.79 Å². The number of rotatable bonds is 3. The molecule has 56 valence electrons. The molecule has 0 spiro atoms. The predicted molar refractivity (Wildman–Crippen MR) is 33.3 cm³/mol. The SMILES string of the molecule is C=C(C)COC(=O)OC=O. The van der Waals surface area contributed by atoms with E-state index in [9.17, 15) is 9.59 Å². The molecule has 0 aliphatic heterocycles. The Morgan fingerprint density at radius 2 is 2.30 bits per heavy atom. The Labute approximate surface area is 58.4 Å². The summed E-state index contributed by atoms with van der Waals surface area (Å²) < 4.78 is 8.16. The standard InChI is InChI=1S/C6H8O4/c1-5(2)3-9-6(8)10-4-7/h4H,1,3H2,2H3. The maximum atomic E-state index is 10.2. The van der Waals surface area contributed by atoms with Crippen LogP contribution in [0, 0.1) is 0 Å². The highest BCUT2D eigenvalue weighted by atomic mass is 16.7. The third kappa shape index (κ3) is 4.83. The molecule has 0 unspecified atom stereocenters. The van der Waals surface area contributed by atoms with Gasteiger partial charge >= 0.3 is 12.6 Å². The summed E-state index contributed by atoms with van der Waals surface area (Å²) in [5.74, 6) is 0. The van der Waals surface area contributed by atoms with Gasteiger partial charge in [-0.25, -0.2) is 4.79 Å². The van der Waals surface area contributed by atoms with E-state index in [0.29, 0.717) is 5.57 Å². The smallest absolute Gasteiger partial charge is 0.429 e. The average Bonchev–Trinajstić information content (AvgIpc) is 1.85. The Bertz CT molecular complexity index is 150. The zero-order valence-corrected chi connectivity index (χ0v) is 5.62. The van der Waals surface area contributed by atoms with E-state index in [1.54, 1.807) is 6.92 Å². The van der Waals surface area contributed by atoms with Crippen molar-refractivity contribution in [3.8, 4) is 0 Å². The molecule has 0 fully saturated rings. The van der Waals surface area contributed by atoms with Gasteiger partial charge in [0.15, 0.2) is 0 Å². The lowest BCUT2D eigenvalue weighted by molar-refractivity contribution is -0.125. The van der Waals surface area contributed by atoms with E-state index in [4.69, 9.17) is 0 Å². The molecule has 4 nitrogen and oxygen atoms in total. The lowest BCUT2D eigenvalue weighted by Crippen LogP contribution is -2.07. The third-order valence-corrected chi connectivity index (χ3v) is 0.581. The molecule has 0 radical (unpaired) electrons. The van der Waals surface area contributed by atoms with Crippen molar-refractivity contribution in [1.29, 1.82) is 0 Å². The summed E-state index contributed by atoms with van der Waals surface area (Å²) in [5.41, 5.74) is 0.683. The number of ether oxygens (including phenoxy) is 2. The van der Waals surface area contributed by atoms with Gasteiger partial charge in [-0.05, 0) is 12.5 Å². The van der Waals surface area contributed by atoms with E-state index in [2.05, 4.69) is 16.1 Å². The molecule has 0 aromatic carbocycles. The second kappa shape index (κ2) is 4.55. The van der Waals surface area contributed by atoms with Gasteiger partial charge < -0.3 is 9.47 Å². The fourth-order valence-electron chi connectivity index (χ4n) is 0.255. The highest BCUT2D eigenvalue weighted by Gasteiger charge is 2.00. The van der Waals surface area contributed by atoms with Crippen molar-refractivity contribution in [3.05, 3.63) is 12.2 Å². The number of hydrogen-bond donors (Lipinski definition) is 0. The van der Waals surface area contributed by atoms with Crippen molar-refractivity contribution < 1.29 is 19.1 Å². The average molecular weight is 144 g/mol. The maximum Gasteiger partial charge on any atom is 0.516 e. The number of carbonyl (C=O) groups excluding carboxylic acids is 2. The molecule has 0 amide bonds. The molecular formula is C6H8O4. The van der Waals surface area contributed by atoms with Crippen molar-refractivity contribution >= 4 is 12.6 Å².